The number of benzene rings is 1. The Labute approximate surface area is 138 Å². The number of ether oxygens (including phenoxy) is 2. The third-order valence-corrected chi connectivity index (χ3v) is 3.37. The first-order valence-corrected chi connectivity index (χ1v) is 7.48. The van der Waals surface area contributed by atoms with Crippen molar-refractivity contribution in [2.24, 2.45) is 0 Å². The van der Waals surface area contributed by atoms with Crippen LogP contribution in [-0.4, -0.2) is 48.1 Å². The Morgan fingerprint density at radius 2 is 1.88 bits per heavy atom. The summed E-state index contributed by atoms with van der Waals surface area (Å²) in [6, 6.07) is 4.97. The summed E-state index contributed by atoms with van der Waals surface area (Å²) in [6.07, 6.45) is 0.425. The van der Waals surface area contributed by atoms with Gasteiger partial charge < -0.3 is 14.8 Å². The van der Waals surface area contributed by atoms with Crippen LogP contribution in [0.1, 0.15) is 20.3 Å². The second-order valence-corrected chi connectivity index (χ2v) is 5.82. The highest BCUT2D eigenvalue weighted by molar-refractivity contribution is 6.08. The lowest BCUT2D eigenvalue weighted by Gasteiger charge is -2.15. The molecule has 3 amide bonds. The van der Waals surface area contributed by atoms with E-state index in [0.717, 1.165) is 4.90 Å². The minimum absolute atomic E-state index is 0.0903. The summed E-state index contributed by atoms with van der Waals surface area (Å²) in [7, 11) is 0. The predicted molar refractivity (Wildman–Crippen MR) is 81.8 cm³/mol. The van der Waals surface area contributed by atoms with Gasteiger partial charge in [0.25, 0.3) is 5.91 Å². The molecule has 1 aliphatic heterocycles. The number of rotatable bonds is 7. The zero-order valence-electron chi connectivity index (χ0n) is 13.5. The molecule has 1 N–H and O–H groups in total. The smallest absolute Gasteiger partial charge is 0.326 e. The topological polar surface area (TPSA) is 84.9 Å². The van der Waals surface area contributed by atoms with Crippen molar-refractivity contribution in [2.45, 2.75) is 25.8 Å². The van der Waals surface area contributed by atoms with Crippen LogP contribution in [0.2, 0.25) is 0 Å². The minimum atomic E-state index is -1.01. The third kappa shape index (κ3) is 4.43. The van der Waals surface area contributed by atoms with Gasteiger partial charge in [-0.25, -0.2) is 9.18 Å². The van der Waals surface area contributed by atoms with Crippen LogP contribution in [0.25, 0.3) is 0 Å². The van der Waals surface area contributed by atoms with Crippen molar-refractivity contribution in [1.82, 2.24) is 10.2 Å². The molecule has 0 bridgehead atoms. The van der Waals surface area contributed by atoms with Gasteiger partial charge in [-0.1, -0.05) is 0 Å². The number of carbonyl (C=O) groups is 3. The molecule has 8 heteroatoms. The van der Waals surface area contributed by atoms with Crippen LogP contribution in [0.3, 0.4) is 0 Å². The quantitative estimate of drug-likeness (QED) is 0.462. The zero-order valence-corrected chi connectivity index (χ0v) is 13.5. The molecule has 24 heavy (non-hydrogen) atoms. The number of hydrogen-bond donors (Lipinski definition) is 1. The summed E-state index contributed by atoms with van der Waals surface area (Å²) in [5, 5.41) is 2.48. The van der Waals surface area contributed by atoms with E-state index in [1.165, 1.54) is 24.3 Å². The van der Waals surface area contributed by atoms with Gasteiger partial charge in [-0.05, 0) is 38.1 Å². The molecule has 1 heterocycles. The highest BCUT2D eigenvalue weighted by Gasteiger charge is 2.45. The fourth-order valence-electron chi connectivity index (χ4n) is 2.10. The summed E-state index contributed by atoms with van der Waals surface area (Å²) >= 11 is 0. The number of amides is 3. The van der Waals surface area contributed by atoms with Gasteiger partial charge in [0.15, 0.2) is 0 Å². The van der Waals surface area contributed by atoms with Gasteiger partial charge >= 0.3 is 12.0 Å². The van der Waals surface area contributed by atoms with Gasteiger partial charge in [-0.15, -0.1) is 0 Å². The van der Waals surface area contributed by atoms with Gasteiger partial charge in [-0.3, -0.25) is 14.5 Å². The molecule has 0 unspecified atom stereocenters. The SMILES string of the molecule is CC1(C)NC(=O)N(CC(=O)OCCCOc2ccc(F)cc2)C1=O. The molecule has 0 radical (unpaired) electrons. The standard InChI is InChI=1S/C16H19FN2O5/c1-16(2)14(21)19(15(22)18-16)10-13(20)24-9-3-8-23-12-6-4-11(17)5-7-12/h4-7H,3,8-10H2,1-2H3,(H,18,22). The van der Waals surface area contributed by atoms with E-state index in [9.17, 15) is 18.8 Å². The van der Waals surface area contributed by atoms with E-state index < -0.39 is 30.0 Å². The molecule has 1 aromatic rings. The molecule has 0 aliphatic carbocycles. The maximum absolute atomic E-state index is 12.7. The summed E-state index contributed by atoms with van der Waals surface area (Å²) in [5.41, 5.74) is -1.01. The Morgan fingerprint density at radius 1 is 1.21 bits per heavy atom. The van der Waals surface area contributed by atoms with E-state index in [2.05, 4.69) is 5.32 Å². The molecule has 130 valence electrons. The van der Waals surface area contributed by atoms with E-state index in [4.69, 9.17) is 9.47 Å². The summed E-state index contributed by atoms with van der Waals surface area (Å²) in [4.78, 5) is 36.1. The van der Waals surface area contributed by atoms with E-state index >= 15 is 0 Å². The Hall–Kier alpha value is -2.64. The number of imide groups is 1. The summed E-state index contributed by atoms with van der Waals surface area (Å²) in [5.74, 6) is -0.966. The van der Waals surface area contributed by atoms with Crippen LogP contribution < -0.4 is 10.1 Å². The molecule has 1 aromatic carbocycles. The third-order valence-electron chi connectivity index (χ3n) is 3.37. The van der Waals surface area contributed by atoms with Crippen molar-refractivity contribution >= 4 is 17.9 Å². The number of esters is 1. The minimum Gasteiger partial charge on any atom is -0.493 e. The molecule has 0 spiro atoms. The Balaban J connectivity index is 1.66. The number of nitrogens with zero attached hydrogens (tertiary/aromatic N) is 1. The van der Waals surface area contributed by atoms with Crippen molar-refractivity contribution in [3.05, 3.63) is 30.1 Å². The average Bonchev–Trinajstić information content (AvgIpc) is 2.71. The number of hydrogen-bond acceptors (Lipinski definition) is 5. The van der Waals surface area contributed by atoms with Crippen LogP contribution in [0.15, 0.2) is 24.3 Å². The Kier molecular flexibility index (Phi) is 5.38. The molecule has 1 saturated heterocycles. The van der Waals surface area contributed by atoms with Crippen molar-refractivity contribution in [3.8, 4) is 5.75 Å². The van der Waals surface area contributed by atoms with E-state index in [-0.39, 0.29) is 19.0 Å². The normalized spacial score (nSPS) is 16.0. The molecule has 1 fully saturated rings. The van der Waals surface area contributed by atoms with Gasteiger partial charge in [0.1, 0.15) is 23.7 Å². The molecule has 1 aliphatic rings. The molecular formula is C16H19FN2O5. The molecule has 0 atom stereocenters. The van der Waals surface area contributed by atoms with E-state index in [0.29, 0.717) is 12.2 Å². The van der Waals surface area contributed by atoms with Crippen LogP contribution in [0.5, 0.6) is 5.75 Å². The lowest BCUT2D eigenvalue weighted by atomic mass is 10.1. The maximum Gasteiger partial charge on any atom is 0.326 e. The fourth-order valence-corrected chi connectivity index (χ4v) is 2.10. The van der Waals surface area contributed by atoms with Gasteiger partial charge in [0.05, 0.1) is 13.2 Å². The van der Waals surface area contributed by atoms with Gasteiger partial charge in [-0.2, -0.15) is 0 Å². The van der Waals surface area contributed by atoms with Crippen LogP contribution in [0.4, 0.5) is 9.18 Å². The molecule has 0 aromatic heterocycles. The maximum atomic E-state index is 12.7. The van der Waals surface area contributed by atoms with Crippen LogP contribution >= 0.6 is 0 Å². The first-order valence-electron chi connectivity index (χ1n) is 7.48. The highest BCUT2D eigenvalue weighted by atomic mass is 19.1. The van der Waals surface area contributed by atoms with Crippen LogP contribution in [-0.2, 0) is 14.3 Å². The van der Waals surface area contributed by atoms with E-state index in [1.807, 2.05) is 0 Å². The Bertz CT molecular complexity index is 630. The number of carbonyl (C=O) groups excluding carboxylic acids is 3. The Morgan fingerprint density at radius 3 is 2.46 bits per heavy atom. The molecule has 0 saturated carbocycles. The average molecular weight is 338 g/mol. The zero-order chi connectivity index (χ0) is 17.7. The molecule has 2 rings (SSSR count). The van der Waals surface area contributed by atoms with Crippen molar-refractivity contribution in [2.75, 3.05) is 19.8 Å². The van der Waals surface area contributed by atoms with Crippen molar-refractivity contribution in [3.63, 3.8) is 0 Å². The first kappa shape index (κ1) is 17.7. The van der Waals surface area contributed by atoms with E-state index in [1.54, 1.807) is 13.8 Å². The first-order chi connectivity index (χ1) is 11.3. The number of halogens is 1. The second-order valence-electron chi connectivity index (χ2n) is 5.82. The van der Waals surface area contributed by atoms with Crippen molar-refractivity contribution in [1.29, 1.82) is 0 Å². The molecular weight excluding hydrogens is 319 g/mol. The summed E-state index contributed by atoms with van der Waals surface area (Å²) < 4.78 is 23.0. The predicted octanol–water partition coefficient (Wildman–Crippen LogP) is 1.47. The molecule has 7 nitrogen and oxygen atoms in total. The van der Waals surface area contributed by atoms with Crippen LogP contribution in [0, 0.1) is 5.82 Å². The lowest BCUT2D eigenvalue weighted by Crippen LogP contribution is -2.41. The fraction of sp³-hybridized carbons (Fsp3) is 0.438. The highest BCUT2D eigenvalue weighted by Crippen LogP contribution is 2.16. The monoisotopic (exact) mass is 338 g/mol. The van der Waals surface area contributed by atoms with Gasteiger partial charge in [0.2, 0.25) is 0 Å². The second kappa shape index (κ2) is 7.29. The van der Waals surface area contributed by atoms with Gasteiger partial charge in [0, 0.05) is 6.42 Å². The summed E-state index contributed by atoms with van der Waals surface area (Å²) in [6.45, 7) is 3.08. The lowest BCUT2D eigenvalue weighted by molar-refractivity contribution is -0.147. The number of nitrogens with one attached hydrogen (secondary N) is 1. The van der Waals surface area contributed by atoms with Crippen molar-refractivity contribution < 1.29 is 28.2 Å². The number of urea groups is 1. The largest absolute Gasteiger partial charge is 0.493 e.